The van der Waals surface area contributed by atoms with Crippen LogP contribution < -0.4 is 5.32 Å². The van der Waals surface area contributed by atoms with Gasteiger partial charge in [-0.1, -0.05) is 25.3 Å². The minimum absolute atomic E-state index is 0.0592. The quantitative estimate of drug-likeness (QED) is 0.806. The lowest BCUT2D eigenvalue weighted by Crippen LogP contribution is -2.22. The van der Waals surface area contributed by atoms with E-state index in [4.69, 9.17) is 0 Å². The second-order valence-corrected chi connectivity index (χ2v) is 5.98. The molecule has 1 aromatic heterocycles. The molecule has 1 saturated carbocycles. The van der Waals surface area contributed by atoms with Crippen molar-refractivity contribution >= 4 is 23.3 Å². The molecule has 94 valence electrons. The lowest BCUT2D eigenvalue weighted by Gasteiger charge is -2.22. The summed E-state index contributed by atoms with van der Waals surface area (Å²) in [6.45, 7) is 0. The SMILES string of the molecule is O=C1NC(C2CCCCC2)=CC1=Cc1cccs1. The summed E-state index contributed by atoms with van der Waals surface area (Å²) in [5.41, 5.74) is 1.94. The fourth-order valence-electron chi connectivity index (χ4n) is 2.74. The van der Waals surface area contributed by atoms with Crippen molar-refractivity contribution in [3.63, 3.8) is 0 Å². The third-order valence-corrected chi connectivity index (χ3v) is 4.54. The number of amides is 1. The molecule has 0 radical (unpaired) electrons. The van der Waals surface area contributed by atoms with Gasteiger partial charge in [-0.2, -0.15) is 0 Å². The molecule has 2 heterocycles. The van der Waals surface area contributed by atoms with E-state index < -0.39 is 0 Å². The van der Waals surface area contributed by atoms with Crippen molar-refractivity contribution in [1.29, 1.82) is 0 Å². The molecule has 1 aromatic rings. The minimum atomic E-state index is 0.0592. The molecule has 18 heavy (non-hydrogen) atoms. The summed E-state index contributed by atoms with van der Waals surface area (Å²) in [4.78, 5) is 13.1. The number of hydrogen-bond donors (Lipinski definition) is 1. The molecular formula is C15H17NOS. The number of carbonyl (C=O) groups is 1. The monoisotopic (exact) mass is 259 g/mol. The van der Waals surface area contributed by atoms with E-state index >= 15 is 0 Å². The predicted molar refractivity (Wildman–Crippen MR) is 75.1 cm³/mol. The maximum Gasteiger partial charge on any atom is 0.255 e. The molecule has 2 nitrogen and oxygen atoms in total. The Kier molecular flexibility index (Phi) is 3.33. The second kappa shape index (κ2) is 5.11. The van der Waals surface area contributed by atoms with Crippen LogP contribution >= 0.6 is 11.3 Å². The smallest absolute Gasteiger partial charge is 0.255 e. The Labute approximate surface area is 111 Å². The summed E-state index contributed by atoms with van der Waals surface area (Å²) in [5.74, 6) is 0.626. The highest BCUT2D eigenvalue weighted by molar-refractivity contribution is 7.10. The van der Waals surface area contributed by atoms with Crippen LogP contribution in [0.4, 0.5) is 0 Å². The zero-order valence-corrected chi connectivity index (χ0v) is 11.1. The van der Waals surface area contributed by atoms with Gasteiger partial charge in [0.05, 0.1) is 0 Å². The Bertz CT molecular complexity index is 493. The Hall–Kier alpha value is -1.35. The van der Waals surface area contributed by atoms with Crippen molar-refractivity contribution in [3.8, 4) is 0 Å². The number of thiophene rings is 1. The predicted octanol–water partition coefficient (Wildman–Crippen LogP) is 3.73. The lowest BCUT2D eigenvalue weighted by atomic mass is 9.87. The Morgan fingerprint density at radius 1 is 1.28 bits per heavy atom. The Balaban J connectivity index is 1.80. The third kappa shape index (κ3) is 2.41. The number of nitrogens with one attached hydrogen (secondary N) is 1. The van der Waals surface area contributed by atoms with Crippen molar-refractivity contribution < 1.29 is 4.79 Å². The number of hydrogen-bond acceptors (Lipinski definition) is 2. The van der Waals surface area contributed by atoms with Crippen LogP contribution in [-0.4, -0.2) is 5.91 Å². The highest BCUT2D eigenvalue weighted by Gasteiger charge is 2.25. The molecule has 1 amide bonds. The van der Waals surface area contributed by atoms with Crippen molar-refractivity contribution in [2.45, 2.75) is 32.1 Å². The molecular weight excluding hydrogens is 242 g/mol. The minimum Gasteiger partial charge on any atom is -0.325 e. The normalized spacial score (nSPS) is 23.2. The number of allylic oxidation sites excluding steroid dienone is 1. The summed E-state index contributed by atoms with van der Waals surface area (Å²) in [6, 6.07) is 4.05. The summed E-state index contributed by atoms with van der Waals surface area (Å²) in [6.07, 6.45) is 10.4. The highest BCUT2D eigenvalue weighted by atomic mass is 32.1. The molecule has 0 unspecified atom stereocenters. The van der Waals surface area contributed by atoms with Crippen LogP contribution in [0.1, 0.15) is 37.0 Å². The van der Waals surface area contributed by atoms with Gasteiger partial charge < -0.3 is 5.32 Å². The van der Waals surface area contributed by atoms with Crippen LogP contribution in [0.15, 0.2) is 34.9 Å². The van der Waals surface area contributed by atoms with E-state index in [0.717, 1.165) is 16.1 Å². The van der Waals surface area contributed by atoms with Crippen LogP contribution in [-0.2, 0) is 4.79 Å². The van der Waals surface area contributed by atoms with Gasteiger partial charge in [-0.25, -0.2) is 0 Å². The molecule has 0 bridgehead atoms. The molecule has 1 aliphatic carbocycles. The maximum absolute atomic E-state index is 11.9. The van der Waals surface area contributed by atoms with Gasteiger partial charge in [0.1, 0.15) is 0 Å². The topological polar surface area (TPSA) is 29.1 Å². The van der Waals surface area contributed by atoms with Gasteiger partial charge in [0.2, 0.25) is 0 Å². The van der Waals surface area contributed by atoms with Crippen molar-refractivity contribution in [2.75, 3.05) is 0 Å². The van der Waals surface area contributed by atoms with E-state index in [1.54, 1.807) is 11.3 Å². The van der Waals surface area contributed by atoms with E-state index in [1.165, 1.54) is 32.1 Å². The highest BCUT2D eigenvalue weighted by Crippen LogP contribution is 2.31. The molecule has 1 fully saturated rings. The van der Waals surface area contributed by atoms with E-state index in [9.17, 15) is 4.79 Å². The molecule has 3 rings (SSSR count). The average Bonchev–Trinajstić information content (AvgIpc) is 3.02. The largest absolute Gasteiger partial charge is 0.325 e. The van der Waals surface area contributed by atoms with Gasteiger partial charge in [0.25, 0.3) is 5.91 Å². The fourth-order valence-corrected chi connectivity index (χ4v) is 3.41. The fraction of sp³-hybridized carbons (Fsp3) is 0.400. The van der Waals surface area contributed by atoms with Gasteiger partial charge in [0, 0.05) is 16.1 Å². The first-order valence-corrected chi connectivity index (χ1v) is 7.49. The van der Waals surface area contributed by atoms with Crippen molar-refractivity contribution in [2.24, 2.45) is 5.92 Å². The van der Waals surface area contributed by atoms with Gasteiger partial charge in [0.15, 0.2) is 0 Å². The zero-order chi connectivity index (χ0) is 12.4. The Morgan fingerprint density at radius 3 is 2.83 bits per heavy atom. The summed E-state index contributed by atoms with van der Waals surface area (Å²) in [5, 5.41) is 5.08. The van der Waals surface area contributed by atoms with Gasteiger partial charge in [-0.05, 0) is 42.4 Å². The van der Waals surface area contributed by atoms with E-state index in [0.29, 0.717) is 5.92 Å². The third-order valence-electron chi connectivity index (χ3n) is 3.72. The van der Waals surface area contributed by atoms with Crippen LogP contribution in [0.25, 0.3) is 6.08 Å². The molecule has 1 aliphatic heterocycles. The Morgan fingerprint density at radius 2 is 2.11 bits per heavy atom. The summed E-state index contributed by atoms with van der Waals surface area (Å²) in [7, 11) is 0. The van der Waals surface area contributed by atoms with Crippen molar-refractivity contribution in [3.05, 3.63) is 39.7 Å². The van der Waals surface area contributed by atoms with E-state index in [1.807, 2.05) is 23.6 Å². The van der Waals surface area contributed by atoms with E-state index in [-0.39, 0.29) is 5.91 Å². The first kappa shape index (κ1) is 11.7. The van der Waals surface area contributed by atoms with Crippen LogP contribution in [0, 0.1) is 5.92 Å². The molecule has 0 aromatic carbocycles. The van der Waals surface area contributed by atoms with Crippen LogP contribution in [0.2, 0.25) is 0 Å². The standard InChI is InChI=1S/C15H17NOS/c17-15-12(9-13-7-4-8-18-13)10-14(16-15)11-5-2-1-3-6-11/h4,7-11H,1-3,5-6H2,(H,16,17). The van der Waals surface area contributed by atoms with Gasteiger partial charge in [-0.15, -0.1) is 11.3 Å². The second-order valence-electron chi connectivity index (χ2n) is 5.00. The van der Waals surface area contributed by atoms with Crippen molar-refractivity contribution in [1.82, 2.24) is 5.32 Å². The summed E-state index contributed by atoms with van der Waals surface area (Å²) < 4.78 is 0. The molecule has 3 heteroatoms. The first-order valence-electron chi connectivity index (χ1n) is 6.61. The number of carbonyl (C=O) groups excluding carboxylic acids is 1. The number of rotatable bonds is 2. The molecule has 0 spiro atoms. The first-order chi connectivity index (χ1) is 8.83. The molecule has 0 atom stereocenters. The molecule has 1 N–H and O–H groups in total. The maximum atomic E-state index is 11.9. The van der Waals surface area contributed by atoms with Gasteiger partial charge in [-0.3, -0.25) is 4.79 Å². The summed E-state index contributed by atoms with van der Waals surface area (Å²) >= 11 is 1.66. The average molecular weight is 259 g/mol. The van der Waals surface area contributed by atoms with Gasteiger partial charge >= 0.3 is 0 Å². The lowest BCUT2D eigenvalue weighted by molar-refractivity contribution is -0.116. The van der Waals surface area contributed by atoms with Crippen LogP contribution in [0.3, 0.4) is 0 Å². The van der Waals surface area contributed by atoms with Crippen LogP contribution in [0.5, 0.6) is 0 Å². The molecule has 0 saturated heterocycles. The van der Waals surface area contributed by atoms with E-state index in [2.05, 4.69) is 11.4 Å². The zero-order valence-electron chi connectivity index (χ0n) is 10.3. The molecule has 2 aliphatic rings.